The molecule has 0 radical (unpaired) electrons. The van der Waals surface area contributed by atoms with Crippen LogP contribution in [0.4, 0.5) is 5.69 Å². The average molecular weight is 380 g/mol. The maximum absolute atomic E-state index is 12.5. The lowest BCUT2D eigenvalue weighted by atomic mass is 10.0. The summed E-state index contributed by atoms with van der Waals surface area (Å²) in [4.78, 5) is 24.7. The quantitative estimate of drug-likeness (QED) is 0.739. The smallest absolute Gasteiger partial charge is 0.222 e. The third-order valence-corrected chi connectivity index (χ3v) is 5.72. The maximum atomic E-state index is 12.5. The monoisotopic (exact) mass is 380 g/mol. The highest BCUT2D eigenvalue weighted by Gasteiger charge is 2.23. The molecule has 1 saturated heterocycles. The summed E-state index contributed by atoms with van der Waals surface area (Å²) >= 11 is 0. The number of aryl methyl sites for hydroxylation is 1. The number of aromatic nitrogens is 4. The van der Waals surface area contributed by atoms with Gasteiger partial charge in [0.15, 0.2) is 0 Å². The van der Waals surface area contributed by atoms with Crippen molar-refractivity contribution in [1.29, 1.82) is 0 Å². The van der Waals surface area contributed by atoms with Gasteiger partial charge in [-0.1, -0.05) is 20.3 Å². The highest BCUT2D eigenvalue weighted by molar-refractivity contribution is 5.93. The standard InChI is InChI=1S/C21H28N6O/c1-4-15(2)11-20(28)27-9-7-26(8-10-27)19-5-6-22-21-17(19)12-18(24-21)16-13-23-25(3)14-16/h5-6,12-15H,4,7-11H2,1-3H3,(H,22,24). The van der Waals surface area contributed by atoms with Crippen molar-refractivity contribution in [2.75, 3.05) is 31.1 Å². The minimum atomic E-state index is 0.286. The minimum Gasteiger partial charge on any atom is -0.367 e. The molecule has 0 spiro atoms. The fourth-order valence-corrected chi connectivity index (χ4v) is 3.77. The van der Waals surface area contributed by atoms with Crippen molar-refractivity contribution in [2.24, 2.45) is 13.0 Å². The summed E-state index contributed by atoms with van der Waals surface area (Å²) in [5.41, 5.74) is 4.12. The van der Waals surface area contributed by atoms with Crippen LogP contribution >= 0.6 is 0 Å². The van der Waals surface area contributed by atoms with Crippen LogP contribution in [0.3, 0.4) is 0 Å². The normalized spacial score (nSPS) is 16.0. The van der Waals surface area contributed by atoms with Crippen LogP contribution in [0.2, 0.25) is 0 Å². The molecule has 1 fully saturated rings. The number of pyridine rings is 1. The Morgan fingerprint density at radius 2 is 2.07 bits per heavy atom. The molecule has 4 rings (SSSR count). The fraction of sp³-hybridized carbons (Fsp3) is 0.476. The van der Waals surface area contributed by atoms with Gasteiger partial charge in [0.05, 0.1) is 11.9 Å². The molecule has 1 N–H and O–H groups in total. The van der Waals surface area contributed by atoms with Crippen LogP contribution in [0.5, 0.6) is 0 Å². The molecule has 1 atom stereocenters. The number of H-pyrrole nitrogens is 1. The van der Waals surface area contributed by atoms with Gasteiger partial charge in [-0.05, 0) is 18.1 Å². The van der Waals surface area contributed by atoms with Crippen molar-refractivity contribution in [3.8, 4) is 11.3 Å². The van der Waals surface area contributed by atoms with E-state index in [9.17, 15) is 4.79 Å². The highest BCUT2D eigenvalue weighted by atomic mass is 16.2. The molecule has 1 unspecified atom stereocenters. The number of fused-ring (bicyclic) bond motifs is 1. The molecule has 28 heavy (non-hydrogen) atoms. The number of nitrogens with zero attached hydrogens (tertiary/aromatic N) is 5. The van der Waals surface area contributed by atoms with E-state index in [1.165, 1.54) is 5.69 Å². The molecule has 0 bridgehead atoms. The number of hydrogen-bond acceptors (Lipinski definition) is 4. The van der Waals surface area contributed by atoms with Gasteiger partial charge in [-0.2, -0.15) is 5.10 Å². The van der Waals surface area contributed by atoms with E-state index in [0.29, 0.717) is 12.3 Å². The molecule has 3 aromatic rings. The number of carbonyl (C=O) groups excluding carboxylic acids is 1. The second-order valence-corrected chi connectivity index (χ2v) is 7.76. The van der Waals surface area contributed by atoms with Gasteiger partial charge in [-0.15, -0.1) is 0 Å². The summed E-state index contributed by atoms with van der Waals surface area (Å²) in [6.07, 6.45) is 7.40. The fourth-order valence-electron chi connectivity index (χ4n) is 3.77. The van der Waals surface area contributed by atoms with Gasteiger partial charge in [0.25, 0.3) is 0 Å². The van der Waals surface area contributed by atoms with Crippen LogP contribution < -0.4 is 4.90 Å². The number of aromatic amines is 1. The predicted octanol–water partition coefficient (Wildman–Crippen LogP) is 3.05. The number of hydrogen-bond donors (Lipinski definition) is 1. The summed E-state index contributed by atoms with van der Waals surface area (Å²) in [6, 6.07) is 4.22. The van der Waals surface area contributed by atoms with Gasteiger partial charge in [0.2, 0.25) is 5.91 Å². The molecule has 0 saturated carbocycles. The minimum absolute atomic E-state index is 0.286. The first kappa shape index (κ1) is 18.5. The van der Waals surface area contributed by atoms with Crippen LogP contribution in [-0.4, -0.2) is 56.7 Å². The highest BCUT2D eigenvalue weighted by Crippen LogP contribution is 2.30. The maximum Gasteiger partial charge on any atom is 0.222 e. The van der Waals surface area contributed by atoms with Crippen molar-refractivity contribution in [1.82, 2.24) is 24.6 Å². The van der Waals surface area contributed by atoms with E-state index in [2.05, 4.69) is 45.9 Å². The zero-order chi connectivity index (χ0) is 19.7. The average Bonchev–Trinajstić information content (AvgIpc) is 3.33. The zero-order valence-corrected chi connectivity index (χ0v) is 16.9. The van der Waals surface area contributed by atoms with Crippen molar-refractivity contribution < 1.29 is 4.79 Å². The summed E-state index contributed by atoms with van der Waals surface area (Å²) in [5, 5.41) is 5.37. The first-order chi connectivity index (χ1) is 13.5. The molecule has 1 aliphatic heterocycles. The van der Waals surface area contributed by atoms with E-state index in [-0.39, 0.29) is 5.91 Å². The molecule has 7 heteroatoms. The first-order valence-electron chi connectivity index (χ1n) is 10.0. The Balaban J connectivity index is 1.51. The molecule has 4 heterocycles. The van der Waals surface area contributed by atoms with Gasteiger partial charge in [-0.25, -0.2) is 4.98 Å². The Morgan fingerprint density at radius 3 is 2.75 bits per heavy atom. The molecular formula is C21H28N6O. The third-order valence-electron chi connectivity index (χ3n) is 5.72. The van der Waals surface area contributed by atoms with Crippen LogP contribution in [0.25, 0.3) is 22.3 Å². The van der Waals surface area contributed by atoms with Gasteiger partial charge in [0, 0.05) is 68.7 Å². The van der Waals surface area contributed by atoms with Crippen molar-refractivity contribution in [3.05, 3.63) is 30.7 Å². The molecule has 1 aliphatic rings. The van der Waals surface area contributed by atoms with Crippen LogP contribution in [-0.2, 0) is 11.8 Å². The topological polar surface area (TPSA) is 70.1 Å². The van der Waals surface area contributed by atoms with Gasteiger partial charge in [0.1, 0.15) is 5.65 Å². The molecule has 0 aliphatic carbocycles. The van der Waals surface area contributed by atoms with E-state index < -0.39 is 0 Å². The summed E-state index contributed by atoms with van der Waals surface area (Å²) in [7, 11) is 1.91. The van der Waals surface area contributed by atoms with E-state index in [1.54, 1.807) is 4.68 Å². The van der Waals surface area contributed by atoms with Crippen molar-refractivity contribution in [3.63, 3.8) is 0 Å². The summed E-state index contributed by atoms with van der Waals surface area (Å²) in [5.74, 6) is 0.741. The predicted molar refractivity (Wildman–Crippen MR) is 111 cm³/mol. The Bertz CT molecular complexity index is 966. The number of rotatable bonds is 5. The first-order valence-corrected chi connectivity index (χ1v) is 10.0. The molecule has 148 valence electrons. The number of amides is 1. The molecule has 0 aromatic carbocycles. The molecule has 3 aromatic heterocycles. The number of carbonyl (C=O) groups is 1. The largest absolute Gasteiger partial charge is 0.367 e. The van der Waals surface area contributed by atoms with E-state index >= 15 is 0 Å². The summed E-state index contributed by atoms with van der Waals surface area (Å²) in [6.45, 7) is 7.53. The zero-order valence-electron chi connectivity index (χ0n) is 16.9. The second-order valence-electron chi connectivity index (χ2n) is 7.76. The van der Waals surface area contributed by atoms with Crippen LogP contribution in [0.1, 0.15) is 26.7 Å². The Kier molecular flexibility index (Phi) is 5.07. The van der Waals surface area contributed by atoms with Gasteiger partial charge in [-0.3, -0.25) is 9.48 Å². The van der Waals surface area contributed by atoms with Crippen molar-refractivity contribution in [2.45, 2.75) is 26.7 Å². The van der Waals surface area contributed by atoms with E-state index in [1.807, 2.05) is 30.5 Å². The van der Waals surface area contributed by atoms with Crippen LogP contribution in [0, 0.1) is 5.92 Å². The SMILES string of the molecule is CCC(C)CC(=O)N1CCN(c2ccnc3[nH]c(-c4cnn(C)c4)cc23)CC1. The van der Waals surface area contributed by atoms with E-state index in [4.69, 9.17) is 0 Å². The van der Waals surface area contributed by atoms with Gasteiger partial charge >= 0.3 is 0 Å². The Labute approximate surface area is 165 Å². The lowest BCUT2D eigenvalue weighted by Crippen LogP contribution is -2.49. The number of anilines is 1. The summed E-state index contributed by atoms with van der Waals surface area (Å²) < 4.78 is 1.80. The van der Waals surface area contributed by atoms with Gasteiger partial charge < -0.3 is 14.8 Å². The lowest BCUT2D eigenvalue weighted by Gasteiger charge is -2.36. The number of nitrogens with one attached hydrogen (secondary N) is 1. The van der Waals surface area contributed by atoms with E-state index in [0.717, 1.165) is 54.9 Å². The molecule has 7 nitrogen and oxygen atoms in total. The second kappa shape index (κ2) is 7.66. The van der Waals surface area contributed by atoms with Crippen LogP contribution in [0.15, 0.2) is 30.7 Å². The Hall–Kier alpha value is -2.83. The lowest BCUT2D eigenvalue weighted by molar-refractivity contribution is -0.132. The number of piperazine rings is 1. The molecule has 1 amide bonds. The Morgan fingerprint density at radius 1 is 1.29 bits per heavy atom. The third kappa shape index (κ3) is 3.61. The molecular weight excluding hydrogens is 352 g/mol. The van der Waals surface area contributed by atoms with Crippen molar-refractivity contribution >= 4 is 22.6 Å².